The number of hydrogen-bond donors (Lipinski definition) is 0. The molecule has 8 heteroatoms. The minimum atomic E-state index is -0.633. The molecule has 3 saturated heterocycles. The lowest BCUT2D eigenvalue weighted by Crippen LogP contribution is -2.48. The summed E-state index contributed by atoms with van der Waals surface area (Å²) < 4.78 is 6.23. The first-order valence-corrected chi connectivity index (χ1v) is 12.0. The minimum Gasteiger partial charge on any atom is -0.360 e. The Morgan fingerprint density at radius 1 is 1.29 bits per heavy atom. The van der Waals surface area contributed by atoms with E-state index in [0.29, 0.717) is 19.6 Å². The van der Waals surface area contributed by atoms with E-state index < -0.39 is 17.4 Å². The maximum Gasteiger partial charge on any atom is 0.230 e. The van der Waals surface area contributed by atoms with Crippen molar-refractivity contribution in [1.29, 1.82) is 0 Å². The molecule has 1 aromatic heterocycles. The topological polar surface area (TPSA) is 79.8 Å². The van der Waals surface area contributed by atoms with Gasteiger partial charge in [0.2, 0.25) is 11.8 Å². The number of aromatic nitrogens is 1. The van der Waals surface area contributed by atoms with E-state index in [1.54, 1.807) is 6.92 Å². The number of carbonyl (C=O) groups is 3. The van der Waals surface area contributed by atoms with E-state index in [9.17, 15) is 14.4 Å². The van der Waals surface area contributed by atoms with Gasteiger partial charge >= 0.3 is 0 Å². The van der Waals surface area contributed by atoms with Gasteiger partial charge in [0.15, 0.2) is 5.78 Å². The Morgan fingerprint density at radius 2 is 2.00 bits per heavy atom. The van der Waals surface area contributed by atoms with E-state index in [1.165, 1.54) is 11.3 Å². The Bertz CT molecular complexity index is 977. The van der Waals surface area contributed by atoms with Gasteiger partial charge in [-0.15, -0.1) is 11.3 Å². The number of likely N-dealkylation sites (tertiary alicyclic amines) is 2. The number of amides is 2. The van der Waals surface area contributed by atoms with Crippen LogP contribution in [0.3, 0.4) is 0 Å². The molecule has 0 N–H and O–H groups in total. The van der Waals surface area contributed by atoms with Gasteiger partial charge in [-0.25, -0.2) is 4.98 Å². The van der Waals surface area contributed by atoms with Crippen molar-refractivity contribution in [3.05, 3.63) is 27.7 Å². The Hall–Kier alpha value is -2.06. The number of carbonyl (C=O) groups excluding carboxylic acids is 3. The molecule has 166 valence electrons. The Balaban J connectivity index is 1.29. The van der Waals surface area contributed by atoms with E-state index in [2.05, 4.69) is 4.98 Å². The molecule has 2 bridgehead atoms. The van der Waals surface area contributed by atoms with Crippen LogP contribution in [0.1, 0.15) is 59.9 Å². The molecule has 2 amide bonds. The van der Waals surface area contributed by atoms with Crippen molar-refractivity contribution < 1.29 is 19.1 Å². The van der Waals surface area contributed by atoms with Gasteiger partial charge in [0.05, 0.1) is 40.1 Å². The summed E-state index contributed by atoms with van der Waals surface area (Å²) in [5.74, 6) is -0.417. The molecule has 4 aliphatic heterocycles. The smallest absolute Gasteiger partial charge is 0.230 e. The zero-order chi connectivity index (χ0) is 22.1. The van der Waals surface area contributed by atoms with Gasteiger partial charge < -0.3 is 14.5 Å². The lowest BCUT2D eigenvalue weighted by Gasteiger charge is -2.35. The maximum absolute atomic E-state index is 13.5. The molecule has 4 aliphatic rings. The highest BCUT2D eigenvalue weighted by Gasteiger charge is 2.67. The summed E-state index contributed by atoms with van der Waals surface area (Å²) >= 11 is 1.49. The molecule has 4 atom stereocenters. The number of rotatable bonds is 4. The average molecular weight is 444 g/mol. The molecule has 0 unspecified atom stereocenters. The number of nitrogens with zero attached hydrogens (tertiary/aromatic N) is 3. The van der Waals surface area contributed by atoms with Gasteiger partial charge in [-0.2, -0.15) is 0 Å². The normalized spacial score (nSPS) is 32.4. The predicted octanol–water partition coefficient (Wildman–Crippen LogP) is 2.55. The lowest BCUT2D eigenvalue weighted by molar-refractivity contribution is -0.144. The zero-order valence-electron chi connectivity index (χ0n) is 18.5. The fourth-order valence-corrected chi connectivity index (χ4v) is 6.85. The van der Waals surface area contributed by atoms with Gasteiger partial charge in [0.1, 0.15) is 5.60 Å². The Kier molecular flexibility index (Phi) is 4.86. The maximum atomic E-state index is 13.5. The molecule has 0 radical (unpaired) electrons. The number of ketones is 1. The molecule has 5 heterocycles. The molecule has 0 saturated carbocycles. The van der Waals surface area contributed by atoms with Crippen LogP contribution in [0.4, 0.5) is 0 Å². The first-order valence-electron chi connectivity index (χ1n) is 11.2. The van der Waals surface area contributed by atoms with Crippen LogP contribution in [-0.2, 0) is 14.3 Å². The molecular formula is C23H29N3O4S. The summed E-state index contributed by atoms with van der Waals surface area (Å²) in [5, 5.41) is 0.999. The molecular weight excluding hydrogens is 414 g/mol. The highest BCUT2D eigenvalue weighted by Crippen LogP contribution is 2.53. The number of fused-ring (bicyclic) bond motifs is 1. The second-order valence-corrected chi connectivity index (χ2v) is 10.6. The molecule has 7 nitrogen and oxygen atoms in total. The summed E-state index contributed by atoms with van der Waals surface area (Å²) in [7, 11) is 0. The van der Waals surface area contributed by atoms with Gasteiger partial charge in [0, 0.05) is 32.0 Å². The van der Waals surface area contributed by atoms with E-state index in [0.717, 1.165) is 28.4 Å². The van der Waals surface area contributed by atoms with Crippen LogP contribution in [0.15, 0.2) is 12.2 Å². The quantitative estimate of drug-likeness (QED) is 0.528. The molecule has 1 spiro atoms. The van der Waals surface area contributed by atoms with Crippen LogP contribution in [0.5, 0.6) is 0 Å². The van der Waals surface area contributed by atoms with Crippen LogP contribution in [-0.4, -0.2) is 69.8 Å². The van der Waals surface area contributed by atoms with Gasteiger partial charge in [-0.3, -0.25) is 14.4 Å². The Labute approximate surface area is 186 Å². The van der Waals surface area contributed by atoms with Crippen LogP contribution >= 0.6 is 11.3 Å². The van der Waals surface area contributed by atoms with Crippen LogP contribution in [0, 0.1) is 18.8 Å². The van der Waals surface area contributed by atoms with Crippen molar-refractivity contribution in [1.82, 2.24) is 14.8 Å². The highest BCUT2D eigenvalue weighted by molar-refractivity contribution is 7.13. The first kappa shape index (κ1) is 20.8. The van der Waals surface area contributed by atoms with Gasteiger partial charge in [0.25, 0.3) is 0 Å². The van der Waals surface area contributed by atoms with E-state index in [-0.39, 0.29) is 35.7 Å². The Morgan fingerprint density at radius 3 is 2.61 bits per heavy atom. The van der Waals surface area contributed by atoms with Crippen LogP contribution in [0.2, 0.25) is 0 Å². The van der Waals surface area contributed by atoms with Crippen molar-refractivity contribution in [3.8, 4) is 0 Å². The SMILES string of the molecule is CC(=O)c1sc(C2CCN(C(=O)[C@H]3[C@H]4C(=O)N(C(C)C)C[C@]45C=C[C@H]3O5)CC2)nc1C. The fourth-order valence-electron chi connectivity index (χ4n) is 5.72. The van der Waals surface area contributed by atoms with Gasteiger partial charge in [-0.05, 0) is 33.6 Å². The predicted molar refractivity (Wildman–Crippen MR) is 116 cm³/mol. The third-order valence-electron chi connectivity index (χ3n) is 7.33. The molecule has 5 rings (SSSR count). The summed E-state index contributed by atoms with van der Waals surface area (Å²) in [6.45, 7) is 9.30. The van der Waals surface area contributed by atoms with Crippen molar-refractivity contribution in [2.45, 2.75) is 64.2 Å². The largest absolute Gasteiger partial charge is 0.360 e. The minimum absolute atomic E-state index is 0.0402. The van der Waals surface area contributed by atoms with E-state index in [4.69, 9.17) is 4.74 Å². The first-order chi connectivity index (χ1) is 14.7. The number of hydrogen-bond acceptors (Lipinski definition) is 6. The van der Waals surface area contributed by atoms with Crippen molar-refractivity contribution in [2.75, 3.05) is 19.6 Å². The molecule has 1 aromatic rings. The average Bonchev–Trinajstić information content (AvgIpc) is 3.47. The van der Waals surface area contributed by atoms with Crippen LogP contribution < -0.4 is 0 Å². The second kappa shape index (κ2) is 7.24. The number of aryl methyl sites for hydroxylation is 1. The summed E-state index contributed by atoms with van der Waals surface area (Å²) in [6, 6.07) is 0.0941. The fraction of sp³-hybridized carbons (Fsp3) is 0.652. The molecule has 0 aliphatic carbocycles. The zero-order valence-corrected chi connectivity index (χ0v) is 19.3. The summed E-state index contributed by atoms with van der Waals surface area (Å²) in [6.07, 6.45) is 5.34. The summed E-state index contributed by atoms with van der Waals surface area (Å²) in [4.78, 5) is 47.6. The number of piperidine rings is 1. The van der Waals surface area contributed by atoms with Crippen molar-refractivity contribution in [2.24, 2.45) is 11.8 Å². The highest BCUT2D eigenvalue weighted by atomic mass is 32.1. The third-order valence-corrected chi connectivity index (χ3v) is 8.75. The lowest BCUT2D eigenvalue weighted by atomic mass is 9.76. The summed E-state index contributed by atoms with van der Waals surface area (Å²) in [5.41, 5.74) is 0.170. The van der Waals surface area contributed by atoms with E-state index >= 15 is 0 Å². The van der Waals surface area contributed by atoms with Crippen molar-refractivity contribution >= 4 is 28.9 Å². The van der Waals surface area contributed by atoms with E-state index in [1.807, 2.05) is 42.7 Å². The van der Waals surface area contributed by atoms with Crippen molar-refractivity contribution in [3.63, 3.8) is 0 Å². The van der Waals surface area contributed by atoms with Gasteiger partial charge in [-0.1, -0.05) is 12.2 Å². The second-order valence-electron chi connectivity index (χ2n) is 9.58. The van der Waals surface area contributed by atoms with Crippen LogP contribution in [0.25, 0.3) is 0 Å². The number of Topliss-reactive ketones (excluding diaryl/α,β-unsaturated/α-hetero) is 1. The molecule has 0 aromatic carbocycles. The monoisotopic (exact) mass is 443 g/mol. The number of ether oxygens (including phenoxy) is 1. The molecule has 3 fully saturated rings. The number of thiazole rings is 1. The standard InChI is InChI=1S/C23H29N3O4S/c1-12(2)26-11-23-8-5-16(30-23)17(18(23)22(26)29)21(28)25-9-6-15(7-10-25)20-24-13(3)19(31-20)14(4)27/h5,8,12,15-18H,6-7,9-11H2,1-4H3/t16-,17-,18+,23-/m1/s1. The molecule has 31 heavy (non-hydrogen) atoms. The third kappa shape index (κ3) is 3.09.